The van der Waals surface area contributed by atoms with Gasteiger partial charge in [-0.3, -0.25) is 4.79 Å². The zero-order valence-corrected chi connectivity index (χ0v) is 11.9. The van der Waals surface area contributed by atoms with Gasteiger partial charge in [0.1, 0.15) is 0 Å². The van der Waals surface area contributed by atoms with E-state index >= 15 is 0 Å². The molecule has 1 aliphatic heterocycles. The van der Waals surface area contributed by atoms with Gasteiger partial charge in [0.2, 0.25) is 0 Å². The van der Waals surface area contributed by atoms with Gasteiger partial charge in [-0.1, -0.05) is 0 Å². The number of alkyl halides is 3. The largest absolute Gasteiger partial charge is 0.416 e. The van der Waals surface area contributed by atoms with Crippen LogP contribution in [0.25, 0.3) is 0 Å². The zero-order chi connectivity index (χ0) is 14.0. The summed E-state index contributed by atoms with van der Waals surface area (Å²) in [7, 11) is 0. The quantitative estimate of drug-likeness (QED) is 0.747. The number of hydrogen-bond acceptors (Lipinski definition) is 3. The summed E-state index contributed by atoms with van der Waals surface area (Å²) in [5.74, 6) is -0.0535. The first-order chi connectivity index (χ1) is 8.90. The maximum absolute atomic E-state index is 12.4. The van der Waals surface area contributed by atoms with Gasteiger partial charge in [0.15, 0.2) is 23.0 Å². The van der Waals surface area contributed by atoms with Gasteiger partial charge < -0.3 is 7.97 Å². The van der Waals surface area contributed by atoms with Crippen LogP contribution in [0.5, 0.6) is 0 Å². The maximum atomic E-state index is 12.4. The molecule has 0 aliphatic carbocycles. The standard InChI is InChI=1S/C12H11F3INO2/c13-12(14,15)9-1-3-10(4-2-9)17-6-8(7-17)5-11(18)19-16/h1-4,8H,5-7H2. The Kier molecular flexibility index (Phi) is 4.22. The summed E-state index contributed by atoms with van der Waals surface area (Å²) in [5.41, 5.74) is 0.0916. The molecule has 3 nitrogen and oxygen atoms in total. The molecule has 0 unspecified atom stereocenters. The van der Waals surface area contributed by atoms with Crippen LogP contribution >= 0.6 is 23.0 Å². The van der Waals surface area contributed by atoms with Crippen molar-refractivity contribution in [2.75, 3.05) is 18.0 Å². The van der Waals surface area contributed by atoms with Gasteiger partial charge in [0, 0.05) is 24.7 Å². The van der Waals surface area contributed by atoms with E-state index in [1.807, 2.05) is 4.90 Å². The van der Waals surface area contributed by atoms with Gasteiger partial charge >= 0.3 is 12.1 Å². The minimum Gasteiger partial charge on any atom is -0.394 e. The maximum Gasteiger partial charge on any atom is 0.416 e. The first kappa shape index (κ1) is 14.4. The second-order valence-corrected chi connectivity index (χ2v) is 4.91. The molecule has 0 aromatic heterocycles. The summed E-state index contributed by atoms with van der Waals surface area (Å²) in [5, 5.41) is 0. The summed E-state index contributed by atoms with van der Waals surface area (Å²) in [4.78, 5) is 13.0. The topological polar surface area (TPSA) is 29.5 Å². The van der Waals surface area contributed by atoms with Crippen molar-refractivity contribution in [3.63, 3.8) is 0 Å². The second-order valence-electron chi connectivity index (χ2n) is 4.47. The molecular weight excluding hydrogens is 374 g/mol. The fraction of sp³-hybridized carbons (Fsp3) is 0.417. The molecule has 0 N–H and O–H groups in total. The number of halogens is 4. The molecule has 0 radical (unpaired) electrons. The molecular formula is C12H11F3INO2. The monoisotopic (exact) mass is 385 g/mol. The van der Waals surface area contributed by atoms with E-state index in [1.165, 1.54) is 12.1 Å². The minimum absolute atomic E-state index is 0.213. The van der Waals surface area contributed by atoms with E-state index in [0.29, 0.717) is 19.5 Å². The first-order valence-electron chi connectivity index (χ1n) is 5.64. The smallest absolute Gasteiger partial charge is 0.394 e. The van der Waals surface area contributed by atoms with Crippen LogP contribution in [0.2, 0.25) is 0 Å². The highest BCUT2D eigenvalue weighted by molar-refractivity contribution is 14.1. The zero-order valence-electron chi connectivity index (χ0n) is 9.78. The predicted octanol–water partition coefficient (Wildman–Crippen LogP) is 3.42. The number of carbonyl (C=O) groups is 1. The van der Waals surface area contributed by atoms with Gasteiger partial charge in [-0.15, -0.1) is 0 Å². The fourth-order valence-electron chi connectivity index (χ4n) is 2.04. The van der Waals surface area contributed by atoms with Crippen LogP contribution in [0.4, 0.5) is 18.9 Å². The number of carbonyl (C=O) groups excluding carboxylic acids is 1. The summed E-state index contributed by atoms with van der Waals surface area (Å²) >= 11 is 1.55. The molecule has 0 bridgehead atoms. The third-order valence-corrected chi connectivity index (χ3v) is 3.55. The average Bonchev–Trinajstić information content (AvgIpc) is 2.32. The Balaban J connectivity index is 1.90. The normalized spacial score (nSPS) is 16.1. The third kappa shape index (κ3) is 3.52. The van der Waals surface area contributed by atoms with Crippen LogP contribution in [0.15, 0.2) is 24.3 Å². The highest BCUT2D eigenvalue weighted by atomic mass is 127. The van der Waals surface area contributed by atoms with Crippen LogP contribution in [-0.2, 0) is 14.0 Å². The Labute approximate surface area is 122 Å². The van der Waals surface area contributed by atoms with Gasteiger partial charge in [-0.2, -0.15) is 13.2 Å². The van der Waals surface area contributed by atoms with Gasteiger partial charge in [0.05, 0.1) is 12.0 Å². The number of rotatable bonds is 3. The van der Waals surface area contributed by atoms with Crippen molar-refractivity contribution >= 4 is 34.7 Å². The Hall–Kier alpha value is -0.990. The summed E-state index contributed by atoms with van der Waals surface area (Å²) in [6.07, 6.45) is -3.96. The highest BCUT2D eigenvalue weighted by Crippen LogP contribution is 2.32. The highest BCUT2D eigenvalue weighted by Gasteiger charge is 2.32. The molecule has 7 heteroatoms. The Morgan fingerprint density at radius 1 is 1.32 bits per heavy atom. The molecule has 1 aliphatic rings. The van der Waals surface area contributed by atoms with Crippen LogP contribution in [0.1, 0.15) is 12.0 Å². The lowest BCUT2D eigenvalue weighted by atomic mass is 9.95. The number of hydrogen-bond donors (Lipinski definition) is 0. The Bertz CT molecular complexity index is 455. The molecule has 104 valence electrons. The van der Waals surface area contributed by atoms with E-state index in [9.17, 15) is 18.0 Å². The van der Waals surface area contributed by atoms with Crippen LogP contribution in [0.3, 0.4) is 0 Å². The van der Waals surface area contributed by atoms with Crippen molar-refractivity contribution in [2.45, 2.75) is 12.6 Å². The molecule has 1 fully saturated rings. The van der Waals surface area contributed by atoms with Crippen molar-refractivity contribution in [1.82, 2.24) is 0 Å². The SMILES string of the molecule is O=C(CC1CN(c2ccc(C(F)(F)F)cc2)C1)OI. The predicted molar refractivity (Wildman–Crippen MR) is 71.9 cm³/mol. The summed E-state index contributed by atoms with van der Waals surface area (Å²) < 4.78 is 41.7. The average molecular weight is 385 g/mol. The lowest BCUT2D eigenvalue weighted by Gasteiger charge is -2.40. The van der Waals surface area contributed by atoms with E-state index in [2.05, 4.69) is 3.07 Å². The van der Waals surface area contributed by atoms with Crippen LogP contribution < -0.4 is 4.90 Å². The van der Waals surface area contributed by atoms with E-state index in [-0.39, 0.29) is 11.9 Å². The molecule has 0 saturated carbocycles. The van der Waals surface area contributed by atoms with Crippen molar-refractivity contribution in [2.24, 2.45) is 5.92 Å². The Morgan fingerprint density at radius 3 is 2.37 bits per heavy atom. The molecule has 1 aromatic rings. The summed E-state index contributed by atoms with van der Waals surface area (Å²) in [6, 6.07) is 5.05. The van der Waals surface area contributed by atoms with Crippen LogP contribution in [0, 0.1) is 5.92 Å². The molecule has 19 heavy (non-hydrogen) atoms. The van der Waals surface area contributed by atoms with Crippen molar-refractivity contribution in [3.05, 3.63) is 29.8 Å². The minimum atomic E-state index is -4.31. The molecule has 1 saturated heterocycles. The molecule has 2 rings (SSSR count). The van der Waals surface area contributed by atoms with E-state index in [4.69, 9.17) is 0 Å². The van der Waals surface area contributed by atoms with Crippen molar-refractivity contribution in [3.8, 4) is 0 Å². The van der Waals surface area contributed by atoms with Gasteiger partial charge in [0.25, 0.3) is 0 Å². The molecule has 1 aromatic carbocycles. The number of nitrogens with zero attached hydrogens (tertiary/aromatic N) is 1. The van der Waals surface area contributed by atoms with Gasteiger partial charge in [-0.05, 0) is 24.3 Å². The summed E-state index contributed by atoms with van der Waals surface area (Å²) in [6.45, 7) is 1.33. The lowest BCUT2D eigenvalue weighted by Crippen LogP contribution is -2.47. The lowest BCUT2D eigenvalue weighted by molar-refractivity contribution is -0.137. The number of benzene rings is 1. The van der Waals surface area contributed by atoms with Crippen molar-refractivity contribution < 1.29 is 21.0 Å². The Morgan fingerprint density at radius 2 is 1.89 bits per heavy atom. The van der Waals surface area contributed by atoms with Crippen molar-refractivity contribution in [1.29, 1.82) is 0 Å². The molecule has 1 heterocycles. The third-order valence-electron chi connectivity index (χ3n) is 3.06. The second kappa shape index (κ2) is 5.56. The molecule has 0 atom stereocenters. The molecule has 0 spiro atoms. The first-order valence-corrected chi connectivity index (χ1v) is 6.52. The van der Waals surface area contributed by atoms with E-state index < -0.39 is 11.7 Å². The molecule has 0 amide bonds. The number of anilines is 1. The van der Waals surface area contributed by atoms with Crippen LogP contribution in [-0.4, -0.2) is 19.1 Å². The van der Waals surface area contributed by atoms with E-state index in [0.717, 1.165) is 17.8 Å². The van der Waals surface area contributed by atoms with E-state index in [1.54, 1.807) is 23.0 Å². The fourth-order valence-corrected chi connectivity index (χ4v) is 2.22. The van der Waals surface area contributed by atoms with Gasteiger partial charge in [-0.25, -0.2) is 0 Å².